The Balaban J connectivity index is 1.33. The van der Waals surface area contributed by atoms with E-state index in [-0.39, 0.29) is 19.1 Å². The molecule has 4 amide bonds. The van der Waals surface area contributed by atoms with Gasteiger partial charge in [0.25, 0.3) is 0 Å². The zero-order valence-electron chi connectivity index (χ0n) is 34.8. The molecule has 62 heavy (non-hydrogen) atoms. The van der Waals surface area contributed by atoms with Crippen LogP contribution in [0.3, 0.4) is 0 Å². The fourth-order valence-electron chi connectivity index (χ4n) is 10.5. The van der Waals surface area contributed by atoms with Gasteiger partial charge in [-0.25, -0.2) is 9.69 Å². The summed E-state index contributed by atoms with van der Waals surface area (Å²) in [5.41, 5.74) is 1.90. The Labute approximate surface area is 362 Å². The predicted octanol–water partition coefficient (Wildman–Crippen LogP) is 7.99. The second-order valence-corrected chi connectivity index (χ2v) is 16.7. The van der Waals surface area contributed by atoms with Crippen molar-refractivity contribution < 1.29 is 33.8 Å². The fourth-order valence-corrected chi connectivity index (χ4v) is 10.5. The van der Waals surface area contributed by atoms with Crippen molar-refractivity contribution in [1.29, 1.82) is 0 Å². The number of carbonyl (C=O) groups is 4. The monoisotopic (exact) mass is 832 g/mol. The van der Waals surface area contributed by atoms with Crippen molar-refractivity contribution in [3.63, 3.8) is 0 Å². The number of benzene rings is 5. The average Bonchev–Trinajstić information content (AvgIpc) is 3.75. The number of fused-ring (bicyclic) bond motifs is 3. The van der Waals surface area contributed by atoms with Crippen LogP contribution in [-0.2, 0) is 24.5 Å². The Hall–Kier alpha value is -6.30. The van der Waals surface area contributed by atoms with Crippen molar-refractivity contribution in [2.75, 3.05) is 31.2 Å². The Morgan fingerprint density at radius 2 is 1.35 bits per heavy atom. The van der Waals surface area contributed by atoms with Gasteiger partial charge >= 0.3 is 12.0 Å². The number of nitrogens with one attached hydrogen (secondary N) is 1. The number of cyclic esters (lactones) is 1. The van der Waals surface area contributed by atoms with Crippen molar-refractivity contribution in [3.8, 4) is 5.75 Å². The van der Waals surface area contributed by atoms with E-state index in [4.69, 9.17) is 9.47 Å². The van der Waals surface area contributed by atoms with Gasteiger partial charge in [0, 0.05) is 18.7 Å². The van der Waals surface area contributed by atoms with E-state index in [1.165, 1.54) is 4.90 Å². The first-order chi connectivity index (χ1) is 30.4. The quantitative estimate of drug-likeness (QED) is 0.143. The number of nitrogens with zero attached hydrogens (tertiary/aromatic N) is 3. The van der Waals surface area contributed by atoms with Crippen LogP contribution in [0.4, 0.5) is 10.5 Å². The number of likely N-dealkylation sites (tertiary alicyclic amines) is 1. The van der Waals surface area contributed by atoms with Gasteiger partial charge in [-0.3, -0.25) is 19.3 Å². The lowest BCUT2D eigenvalue weighted by Crippen LogP contribution is -2.57. The topological polar surface area (TPSA) is 129 Å². The molecule has 4 aliphatic rings. The van der Waals surface area contributed by atoms with Crippen LogP contribution in [0.2, 0.25) is 0 Å². The molecule has 11 heteroatoms. The average molecular weight is 833 g/mol. The number of hydrogen-bond donors (Lipinski definition) is 2. The summed E-state index contributed by atoms with van der Waals surface area (Å²) in [5, 5.41) is 13.1. The smallest absolute Gasteiger partial charge is 0.329 e. The van der Waals surface area contributed by atoms with Crippen molar-refractivity contribution in [1.82, 2.24) is 15.1 Å². The number of anilines is 1. The number of morpholine rings is 1. The molecular formula is C51H52N4O7. The molecule has 3 fully saturated rings. The van der Waals surface area contributed by atoms with Crippen LogP contribution in [0.5, 0.6) is 5.75 Å². The lowest BCUT2D eigenvalue weighted by Gasteiger charge is -2.46. The van der Waals surface area contributed by atoms with Crippen LogP contribution in [-0.4, -0.2) is 71.1 Å². The zero-order chi connectivity index (χ0) is 42.8. The molecule has 0 saturated carbocycles. The van der Waals surface area contributed by atoms with E-state index in [2.05, 4.69) is 5.32 Å². The number of ether oxygens (including phenoxy) is 2. The number of imide groups is 1. The number of carbonyl (C=O) groups excluding carboxylic acids is 4. The van der Waals surface area contributed by atoms with Crippen LogP contribution in [0.15, 0.2) is 140 Å². The highest BCUT2D eigenvalue weighted by Gasteiger charge is 2.76. The number of para-hydroxylation sites is 2. The number of rotatable bonds is 9. The maximum atomic E-state index is 16.5. The van der Waals surface area contributed by atoms with Gasteiger partial charge in [0.1, 0.15) is 29.9 Å². The van der Waals surface area contributed by atoms with Crippen molar-refractivity contribution in [2.24, 2.45) is 5.92 Å². The van der Waals surface area contributed by atoms with Gasteiger partial charge in [-0.1, -0.05) is 147 Å². The van der Waals surface area contributed by atoms with Gasteiger partial charge in [-0.2, -0.15) is 0 Å². The lowest BCUT2D eigenvalue weighted by atomic mass is 9.65. The van der Waals surface area contributed by atoms with Gasteiger partial charge in [0.05, 0.1) is 36.3 Å². The highest BCUT2D eigenvalue weighted by molar-refractivity contribution is 6.24. The third-order valence-corrected chi connectivity index (χ3v) is 13.2. The number of amides is 4. The van der Waals surface area contributed by atoms with E-state index < -0.39 is 59.5 Å². The molecule has 318 valence electrons. The molecule has 0 aliphatic carbocycles. The number of esters is 1. The van der Waals surface area contributed by atoms with E-state index in [9.17, 15) is 9.90 Å². The summed E-state index contributed by atoms with van der Waals surface area (Å²) >= 11 is 0. The molecule has 4 heterocycles. The van der Waals surface area contributed by atoms with E-state index >= 15 is 14.4 Å². The molecule has 3 saturated heterocycles. The molecular weight excluding hydrogens is 781 g/mol. The predicted molar refractivity (Wildman–Crippen MR) is 234 cm³/mol. The second-order valence-electron chi connectivity index (χ2n) is 16.7. The molecule has 2 N–H and O–H groups in total. The normalized spacial score (nSPS) is 25.3. The maximum Gasteiger partial charge on any atom is 0.329 e. The number of aliphatic hydroxyl groups is 1. The Bertz CT molecular complexity index is 2410. The molecule has 11 nitrogen and oxygen atoms in total. The Morgan fingerprint density at radius 3 is 2.05 bits per heavy atom. The first-order valence-corrected chi connectivity index (χ1v) is 21.8. The number of hydrogen-bond acceptors (Lipinski definition) is 8. The van der Waals surface area contributed by atoms with Gasteiger partial charge in [0.15, 0.2) is 0 Å². The third-order valence-electron chi connectivity index (χ3n) is 13.2. The number of urea groups is 1. The number of aliphatic hydroxyl groups excluding tert-OH is 1. The minimum absolute atomic E-state index is 0.0382. The summed E-state index contributed by atoms with van der Waals surface area (Å²) in [7, 11) is 0. The van der Waals surface area contributed by atoms with Crippen LogP contribution in [0.25, 0.3) is 0 Å². The first-order valence-electron chi connectivity index (χ1n) is 21.8. The molecule has 0 aromatic heterocycles. The Morgan fingerprint density at radius 1 is 0.758 bits per heavy atom. The van der Waals surface area contributed by atoms with Crippen molar-refractivity contribution in [3.05, 3.63) is 167 Å². The summed E-state index contributed by atoms with van der Waals surface area (Å²) in [6.45, 7) is 2.50. The van der Waals surface area contributed by atoms with Gasteiger partial charge in [-0.05, 0) is 54.2 Å². The second kappa shape index (κ2) is 17.6. The van der Waals surface area contributed by atoms with Crippen LogP contribution in [0.1, 0.15) is 91.1 Å². The van der Waals surface area contributed by atoms with Gasteiger partial charge < -0.3 is 24.8 Å². The summed E-state index contributed by atoms with van der Waals surface area (Å²) in [4.78, 5) is 67.8. The Kier molecular flexibility index (Phi) is 11.7. The standard InChI is InChI=1S/C51H52N4O7/c1-34(35-20-8-5-9-21-35)52-50(60)54-40-28-16-15-27-39(40)51(49(54)59)42(47(57)53-30-18-3-2-4-19-31-53)44-48(58)62-45(37-24-12-7-13-25-37)43(36-22-10-6-11-23-36)55(44)46(51)38-26-14-17-29-41(38)61-33-32-56/h5-17,20-29,34,42-46,56H,2-4,18-19,30-33H2,1H3,(H,52,60). The minimum atomic E-state index is -1.86. The lowest BCUT2D eigenvalue weighted by molar-refractivity contribution is -0.179. The molecule has 5 aromatic rings. The van der Waals surface area contributed by atoms with E-state index in [1.54, 1.807) is 18.2 Å². The SMILES string of the molecule is CC(NC(=O)N1C(=O)C2(c3ccccc31)C(C(=O)N1CCCCCCC1)C1C(=O)OC(c3ccccc3)C(c3ccccc3)N1C2c1ccccc1OCCO)c1ccccc1. The van der Waals surface area contributed by atoms with Crippen LogP contribution >= 0.6 is 0 Å². The van der Waals surface area contributed by atoms with E-state index in [0.717, 1.165) is 48.8 Å². The molecule has 7 unspecified atom stereocenters. The molecule has 4 aliphatic heterocycles. The van der Waals surface area contributed by atoms with Gasteiger partial charge in [-0.15, -0.1) is 0 Å². The zero-order valence-corrected chi connectivity index (χ0v) is 34.8. The van der Waals surface area contributed by atoms with Crippen molar-refractivity contribution in [2.45, 2.75) is 74.7 Å². The fraction of sp³-hybridized carbons (Fsp3) is 0.333. The van der Waals surface area contributed by atoms with Gasteiger partial charge in [0.2, 0.25) is 11.8 Å². The summed E-state index contributed by atoms with van der Waals surface area (Å²) in [6.07, 6.45) is 3.71. The van der Waals surface area contributed by atoms with Crippen LogP contribution < -0.4 is 15.0 Å². The molecule has 0 bridgehead atoms. The largest absolute Gasteiger partial charge is 0.491 e. The minimum Gasteiger partial charge on any atom is -0.491 e. The van der Waals surface area contributed by atoms with Crippen LogP contribution in [0, 0.1) is 5.92 Å². The third kappa shape index (κ3) is 7.03. The van der Waals surface area contributed by atoms with E-state index in [0.29, 0.717) is 35.7 Å². The molecule has 5 aromatic carbocycles. The summed E-state index contributed by atoms with van der Waals surface area (Å²) in [5.74, 6) is -2.52. The molecule has 0 radical (unpaired) electrons. The summed E-state index contributed by atoms with van der Waals surface area (Å²) < 4.78 is 12.9. The highest BCUT2D eigenvalue weighted by Crippen LogP contribution is 2.66. The molecule has 1 spiro atoms. The summed E-state index contributed by atoms with van der Waals surface area (Å²) in [6, 6.07) is 39.2. The molecule has 9 rings (SSSR count). The maximum absolute atomic E-state index is 16.5. The van der Waals surface area contributed by atoms with Crippen molar-refractivity contribution >= 4 is 29.5 Å². The van der Waals surface area contributed by atoms with E-state index in [1.807, 2.05) is 138 Å². The highest BCUT2D eigenvalue weighted by atomic mass is 16.6. The molecule has 7 atom stereocenters. The first kappa shape index (κ1) is 41.1.